The molecule has 1 unspecified atom stereocenters. The van der Waals surface area contributed by atoms with Gasteiger partial charge in [0.2, 0.25) is 15.9 Å². The summed E-state index contributed by atoms with van der Waals surface area (Å²) in [5, 5.41) is 0. The maximum absolute atomic E-state index is 12.0. The molecule has 0 saturated carbocycles. The number of rotatable bonds is 5. The van der Waals surface area contributed by atoms with Gasteiger partial charge in [-0.1, -0.05) is 27.7 Å². The Labute approximate surface area is 116 Å². The predicted molar refractivity (Wildman–Crippen MR) is 76.3 cm³/mol. The Morgan fingerprint density at radius 3 is 2.53 bits per heavy atom. The van der Waals surface area contributed by atoms with Crippen LogP contribution in [0.4, 0.5) is 0 Å². The number of sulfonamides is 1. The van der Waals surface area contributed by atoms with Crippen LogP contribution in [0, 0.1) is 5.41 Å². The van der Waals surface area contributed by atoms with Gasteiger partial charge in [0.05, 0.1) is 5.75 Å². The molecule has 1 atom stereocenters. The van der Waals surface area contributed by atoms with Gasteiger partial charge in [0.15, 0.2) is 0 Å². The average molecular weight is 290 g/mol. The molecule has 1 amide bonds. The zero-order valence-electron chi connectivity index (χ0n) is 12.4. The van der Waals surface area contributed by atoms with Crippen LogP contribution in [0.3, 0.4) is 0 Å². The van der Waals surface area contributed by atoms with Gasteiger partial charge in [-0.05, 0) is 18.3 Å². The molecule has 6 heteroatoms. The lowest BCUT2D eigenvalue weighted by molar-refractivity contribution is -0.129. The van der Waals surface area contributed by atoms with Crippen LogP contribution in [0.2, 0.25) is 0 Å². The minimum atomic E-state index is -3.24. The highest BCUT2D eigenvalue weighted by molar-refractivity contribution is 7.89. The maximum Gasteiger partial charge on any atom is 0.222 e. The molecule has 1 N–H and O–H groups in total. The zero-order valence-corrected chi connectivity index (χ0v) is 13.2. The fraction of sp³-hybridized carbons (Fsp3) is 0.923. The molecule has 0 spiro atoms. The van der Waals surface area contributed by atoms with Gasteiger partial charge in [-0.3, -0.25) is 4.79 Å². The van der Waals surface area contributed by atoms with E-state index < -0.39 is 10.0 Å². The summed E-state index contributed by atoms with van der Waals surface area (Å²) >= 11 is 0. The molecule has 1 rings (SSSR count). The fourth-order valence-corrected chi connectivity index (χ4v) is 3.76. The van der Waals surface area contributed by atoms with Crippen LogP contribution in [0.25, 0.3) is 0 Å². The largest absolute Gasteiger partial charge is 0.341 e. The van der Waals surface area contributed by atoms with Gasteiger partial charge in [0.25, 0.3) is 0 Å². The Morgan fingerprint density at radius 2 is 2.00 bits per heavy atom. The summed E-state index contributed by atoms with van der Waals surface area (Å²) in [6.07, 6.45) is 1.82. The number of hydrogen-bond acceptors (Lipinski definition) is 3. The van der Waals surface area contributed by atoms with Crippen molar-refractivity contribution in [2.45, 2.75) is 53.0 Å². The standard InChI is InChI=1S/C13H26N2O3S/c1-5-12(16)15-8-6-11(10-15)14-19(17,18)9-7-13(2,3)4/h11,14H,5-10H2,1-4H3. The summed E-state index contributed by atoms with van der Waals surface area (Å²) in [6.45, 7) is 9.06. The van der Waals surface area contributed by atoms with Crippen molar-refractivity contribution in [1.82, 2.24) is 9.62 Å². The fourth-order valence-electron chi connectivity index (χ4n) is 2.06. The van der Waals surface area contributed by atoms with Gasteiger partial charge in [-0.25, -0.2) is 13.1 Å². The summed E-state index contributed by atoms with van der Waals surface area (Å²) in [7, 11) is -3.24. The van der Waals surface area contributed by atoms with Gasteiger partial charge >= 0.3 is 0 Å². The van der Waals surface area contributed by atoms with Crippen molar-refractivity contribution in [2.75, 3.05) is 18.8 Å². The Morgan fingerprint density at radius 1 is 1.37 bits per heavy atom. The molecule has 1 fully saturated rings. The Hall–Kier alpha value is -0.620. The number of carbonyl (C=O) groups is 1. The lowest BCUT2D eigenvalue weighted by Crippen LogP contribution is -2.39. The average Bonchev–Trinajstić information content (AvgIpc) is 2.72. The van der Waals surface area contributed by atoms with E-state index in [1.807, 2.05) is 27.7 Å². The van der Waals surface area contributed by atoms with E-state index in [0.29, 0.717) is 32.4 Å². The van der Waals surface area contributed by atoms with Crippen molar-refractivity contribution in [3.05, 3.63) is 0 Å². The number of likely N-dealkylation sites (tertiary alicyclic amines) is 1. The molecule has 1 heterocycles. The Balaban J connectivity index is 2.45. The van der Waals surface area contributed by atoms with Gasteiger partial charge in [0, 0.05) is 25.6 Å². The van der Waals surface area contributed by atoms with Crippen LogP contribution in [0.1, 0.15) is 47.0 Å². The van der Waals surface area contributed by atoms with Crippen molar-refractivity contribution in [3.8, 4) is 0 Å². The second-order valence-corrected chi connectivity index (χ2v) is 8.30. The molecular formula is C13H26N2O3S. The van der Waals surface area contributed by atoms with Gasteiger partial charge in [-0.2, -0.15) is 0 Å². The van der Waals surface area contributed by atoms with E-state index in [0.717, 1.165) is 0 Å². The maximum atomic E-state index is 12.0. The molecule has 112 valence electrons. The molecule has 1 saturated heterocycles. The lowest BCUT2D eigenvalue weighted by atomic mass is 9.94. The van der Waals surface area contributed by atoms with Crippen LogP contribution < -0.4 is 4.72 Å². The van der Waals surface area contributed by atoms with Gasteiger partial charge < -0.3 is 4.90 Å². The molecule has 0 aromatic heterocycles. The monoisotopic (exact) mass is 290 g/mol. The first-order valence-electron chi connectivity index (χ1n) is 6.91. The van der Waals surface area contributed by atoms with Crippen LogP contribution >= 0.6 is 0 Å². The number of amides is 1. The third-order valence-electron chi connectivity index (χ3n) is 3.31. The summed E-state index contributed by atoms with van der Waals surface area (Å²) in [4.78, 5) is 13.3. The van der Waals surface area contributed by atoms with Crippen LogP contribution in [0.5, 0.6) is 0 Å². The molecule has 0 aliphatic carbocycles. The minimum Gasteiger partial charge on any atom is -0.341 e. The molecule has 0 bridgehead atoms. The SMILES string of the molecule is CCC(=O)N1CCC(NS(=O)(=O)CCC(C)(C)C)C1. The van der Waals surface area contributed by atoms with Crippen LogP contribution in [-0.2, 0) is 14.8 Å². The second kappa shape index (κ2) is 6.22. The molecule has 0 aromatic rings. The third kappa shape index (κ3) is 5.91. The first-order valence-corrected chi connectivity index (χ1v) is 8.56. The van der Waals surface area contributed by atoms with Gasteiger partial charge in [0.1, 0.15) is 0 Å². The number of nitrogens with one attached hydrogen (secondary N) is 1. The van der Waals surface area contributed by atoms with Crippen molar-refractivity contribution < 1.29 is 13.2 Å². The molecular weight excluding hydrogens is 264 g/mol. The molecule has 1 aliphatic rings. The Bertz CT molecular complexity index is 412. The second-order valence-electron chi connectivity index (χ2n) is 6.43. The Kier molecular flexibility index (Phi) is 5.38. The summed E-state index contributed by atoms with van der Waals surface area (Å²) in [5.74, 6) is 0.241. The highest BCUT2D eigenvalue weighted by Gasteiger charge is 2.28. The normalized spacial score (nSPS) is 20.8. The van der Waals surface area contributed by atoms with E-state index in [2.05, 4.69) is 4.72 Å². The molecule has 5 nitrogen and oxygen atoms in total. The predicted octanol–water partition coefficient (Wildman–Crippen LogP) is 1.35. The lowest BCUT2D eigenvalue weighted by Gasteiger charge is -2.20. The number of carbonyl (C=O) groups excluding carboxylic acids is 1. The van der Waals surface area contributed by atoms with E-state index in [1.165, 1.54) is 0 Å². The van der Waals surface area contributed by atoms with E-state index in [1.54, 1.807) is 4.90 Å². The number of nitrogens with zero attached hydrogens (tertiary/aromatic N) is 1. The third-order valence-corrected chi connectivity index (χ3v) is 4.74. The van der Waals surface area contributed by atoms with Crippen LogP contribution in [-0.4, -0.2) is 44.1 Å². The highest BCUT2D eigenvalue weighted by atomic mass is 32.2. The zero-order chi connectivity index (χ0) is 14.7. The number of hydrogen-bond donors (Lipinski definition) is 1. The van der Waals surface area contributed by atoms with Crippen molar-refractivity contribution in [1.29, 1.82) is 0 Å². The van der Waals surface area contributed by atoms with Gasteiger partial charge in [-0.15, -0.1) is 0 Å². The van der Waals surface area contributed by atoms with E-state index in [-0.39, 0.29) is 23.1 Å². The first kappa shape index (κ1) is 16.4. The molecule has 0 radical (unpaired) electrons. The van der Waals surface area contributed by atoms with E-state index in [9.17, 15) is 13.2 Å². The molecule has 19 heavy (non-hydrogen) atoms. The van der Waals surface area contributed by atoms with Crippen molar-refractivity contribution in [2.24, 2.45) is 5.41 Å². The molecule has 1 aliphatic heterocycles. The van der Waals surface area contributed by atoms with Crippen LogP contribution in [0.15, 0.2) is 0 Å². The summed E-state index contributed by atoms with van der Waals surface area (Å²) in [5.41, 5.74) is 0.00857. The van der Waals surface area contributed by atoms with Crippen molar-refractivity contribution >= 4 is 15.9 Å². The smallest absolute Gasteiger partial charge is 0.222 e. The molecule has 0 aromatic carbocycles. The minimum absolute atomic E-state index is 0.00857. The van der Waals surface area contributed by atoms with E-state index in [4.69, 9.17) is 0 Å². The highest BCUT2D eigenvalue weighted by Crippen LogP contribution is 2.19. The topological polar surface area (TPSA) is 66.5 Å². The summed E-state index contributed by atoms with van der Waals surface area (Å²) in [6, 6.07) is -0.125. The summed E-state index contributed by atoms with van der Waals surface area (Å²) < 4.78 is 26.6. The first-order chi connectivity index (χ1) is 8.63. The quantitative estimate of drug-likeness (QED) is 0.831. The van der Waals surface area contributed by atoms with E-state index >= 15 is 0 Å². The van der Waals surface area contributed by atoms with Crippen molar-refractivity contribution in [3.63, 3.8) is 0 Å².